The molecule has 64 heavy (non-hydrogen) atoms. The van der Waals surface area contributed by atoms with Gasteiger partial charge in [0.1, 0.15) is 11.5 Å². The van der Waals surface area contributed by atoms with Crippen LogP contribution in [0.5, 0.6) is 11.5 Å². The van der Waals surface area contributed by atoms with Crippen molar-refractivity contribution in [2.75, 3.05) is 4.90 Å². The van der Waals surface area contributed by atoms with Crippen molar-refractivity contribution in [3.05, 3.63) is 293 Å². The zero-order valence-corrected chi connectivity index (χ0v) is 35.0. The zero-order chi connectivity index (χ0) is 42.2. The second-order valence-corrected chi connectivity index (χ2v) is 17.1. The molecular weight excluding hydrogens is 775 g/mol. The van der Waals surface area contributed by atoms with Gasteiger partial charge in [-0.25, -0.2) is 0 Å². The maximum absolute atomic E-state index is 6.92. The van der Waals surface area contributed by atoms with Crippen LogP contribution < -0.4 is 9.64 Å². The molecule has 3 aliphatic rings. The molecule has 10 aromatic rings. The van der Waals surface area contributed by atoms with Crippen molar-refractivity contribution in [2.24, 2.45) is 0 Å². The van der Waals surface area contributed by atoms with E-state index in [-0.39, 0.29) is 0 Å². The molecule has 0 bridgehead atoms. The van der Waals surface area contributed by atoms with Crippen molar-refractivity contribution < 1.29 is 4.74 Å². The number of rotatable bonds is 6. The minimum absolute atomic E-state index is 0.532. The molecule has 1 spiro atoms. The number of fused-ring (bicyclic) bond motifs is 12. The highest BCUT2D eigenvalue weighted by molar-refractivity contribution is 5.99. The Morgan fingerprint density at radius 3 is 1.56 bits per heavy atom. The lowest BCUT2D eigenvalue weighted by Crippen LogP contribution is -2.32. The average molecular weight is 816 g/mol. The summed E-state index contributed by atoms with van der Waals surface area (Å²) in [7, 11) is 0. The quantitative estimate of drug-likeness (QED) is 0.166. The minimum atomic E-state index is -0.626. The van der Waals surface area contributed by atoms with Gasteiger partial charge in [-0.15, -0.1) is 0 Å². The molecule has 1 atom stereocenters. The van der Waals surface area contributed by atoms with Gasteiger partial charge in [-0.05, 0) is 104 Å². The van der Waals surface area contributed by atoms with E-state index in [1.807, 2.05) is 0 Å². The van der Waals surface area contributed by atoms with Crippen LogP contribution in [0, 0.1) is 0 Å². The van der Waals surface area contributed by atoms with Gasteiger partial charge < -0.3 is 9.64 Å². The first-order chi connectivity index (χ1) is 31.8. The number of hydrogen-bond donors (Lipinski definition) is 0. The number of hydrogen-bond acceptors (Lipinski definition) is 2. The summed E-state index contributed by atoms with van der Waals surface area (Å²) < 4.78 is 6.92. The summed E-state index contributed by atoms with van der Waals surface area (Å²) >= 11 is 0. The first-order valence-corrected chi connectivity index (χ1v) is 22.2. The summed E-state index contributed by atoms with van der Waals surface area (Å²) in [6, 6.07) is 91.2. The molecule has 300 valence electrons. The molecule has 0 aromatic heterocycles. The van der Waals surface area contributed by atoms with Crippen molar-refractivity contribution in [1.29, 1.82) is 0 Å². The third-order valence-corrected chi connectivity index (χ3v) is 14.0. The normalized spacial score (nSPS) is 15.5. The van der Waals surface area contributed by atoms with Crippen molar-refractivity contribution in [3.63, 3.8) is 0 Å². The summed E-state index contributed by atoms with van der Waals surface area (Å²) in [5.74, 6) is 1.76. The van der Waals surface area contributed by atoms with Crippen molar-refractivity contribution >= 4 is 17.1 Å². The molecule has 0 saturated carbocycles. The molecule has 0 fully saturated rings. The minimum Gasteiger partial charge on any atom is -0.457 e. The lowest BCUT2D eigenvalue weighted by atomic mass is 9.66. The second kappa shape index (κ2) is 14.2. The number of nitrogens with zero attached hydrogens (tertiary/aromatic N) is 1. The summed E-state index contributed by atoms with van der Waals surface area (Å²) in [6.45, 7) is 0. The SMILES string of the molecule is c1ccc(-c2ccc3c(c2)Oc2ccccc2C32c3ccccc3-c3c(N(c4ccccc4)c4ccc5c(c4)C(c4ccccc4)(c4ccccc4)c4ccccc4-5)cccc32)cc1. The summed E-state index contributed by atoms with van der Waals surface area (Å²) in [4.78, 5) is 2.49. The third kappa shape index (κ3) is 5.02. The Bertz CT molecular complexity index is 3380. The van der Waals surface area contributed by atoms with Crippen LogP contribution in [0.15, 0.2) is 249 Å². The van der Waals surface area contributed by atoms with Crippen LogP contribution >= 0.6 is 0 Å². The first kappa shape index (κ1) is 36.5. The molecule has 1 heterocycles. The lowest BCUT2D eigenvalue weighted by Gasteiger charge is -2.39. The second-order valence-electron chi connectivity index (χ2n) is 17.1. The molecule has 2 nitrogen and oxygen atoms in total. The van der Waals surface area contributed by atoms with Crippen molar-refractivity contribution in [3.8, 4) is 44.9 Å². The third-order valence-electron chi connectivity index (χ3n) is 14.0. The molecule has 2 heteroatoms. The van der Waals surface area contributed by atoms with Crippen molar-refractivity contribution in [1.82, 2.24) is 0 Å². The molecule has 0 N–H and O–H groups in total. The monoisotopic (exact) mass is 815 g/mol. The summed E-state index contributed by atoms with van der Waals surface area (Å²) in [5.41, 5.74) is 19.3. The standard InChI is InChI=1S/C62H41NO/c1-5-20-42(21-6-1)43-36-39-54-59(40-43)64-58-35-18-17-32-53(58)62(54)52-31-16-14-29-50(52)60-55(62)33-19-34-57(60)63(46-26-11-4-12-27-46)47-37-38-49-48-28-13-15-30-51(48)61(56(49)41-47,44-22-7-2-8-23-44)45-24-9-3-10-25-45/h1-41H. The Balaban J connectivity index is 1.09. The smallest absolute Gasteiger partial charge is 0.132 e. The summed E-state index contributed by atoms with van der Waals surface area (Å²) in [5, 5.41) is 0. The van der Waals surface area contributed by atoms with E-state index in [0.717, 1.165) is 50.8 Å². The van der Waals surface area contributed by atoms with E-state index in [1.165, 1.54) is 55.6 Å². The average Bonchev–Trinajstić information content (AvgIpc) is 3.84. The van der Waals surface area contributed by atoms with Crippen LogP contribution in [-0.2, 0) is 10.8 Å². The number of benzene rings is 10. The van der Waals surface area contributed by atoms with Gasteiger partial charge in [0, 0.05) is 28.1 Å². The Kier molecular flexibility index (Phi) is 8.07. The van der Waals surface area contributed by atoms with Crippen LogP contribution in [0.3, 0.4) is 0 Å². The number of anilines is 3. The fourth-order valence-electron chi connectivity index (χ4n) is 11.5. The Morgan fingerprint density at radius 2 is 0.844 bits per heavy atom. The van der Waals surface area contributed by atoms with Gasteiger partial charge in [0.05, 0.1) is 16.5 Å². The molecule has 10 aromatic carbocycles. The van der Waals surface area contributed by atoms with Gasteiger partial charge in [-0.1, -0.05) is 206 Å². The van der Waals surface area contributed by atoms with E-state index >= 15 is 0 Å². The van der Waals surface area contributed by atoms with E-state index in [0.29, 0.717) is 0 Å². The maximum Gasteiger partial charge on any atom is 0.132 e. The molecule has 0 radical (unpaired) electrons. The highest BCUT2D eigenvalue weighted by Crippen LogP contribution is 2.65. The highest BCUT2D eigenvalue weighted by Gasteiger charge is 2.52. The fraction of sp³-hybridized carbons (Fsp3) is 0.0323. The molecule has 1 unspecified atom stereocenters. The van der Waals surface area contributed by atoms with E-state index in [9.17, 15) is 0 Å². The van der Waals surface area contributed by atoms with Gasteiger partial charge >= 0.3 is 0 Å². The van der Waals surface area contributed by atoms with Gasteiger partial charge in [0.2, 0.25) is 0 Å². The van der Waals surface area contributed by atoms with Crippen molar-refractivity contribution in [2.45, 2.75) is 10.8 Å². The maximum atomic E-state index is 6.92. The summed E-state index contributed by atoms with van der Waals surface area (Å²) in [6.07, 6.45) is 0. The number of ether oxygens (including phenoxy) is 1. The Labute approximate surface area is 374 Å². The van der Waals surface area contributed by atoms with Crippen LogP contribution in [0.1, 0.15) is 44.5 Å². The first-order valence-electron chi connectivity index (χ1n) is 22.2. The molecule has 2 aliphatic carbocycles. The molecule has 0 amide bonds. The molecular formula is C62H41NO. The Hall–Kier alpha value is -8.20. The van der Waals surface area contributed by atoms with Gasteiger partial charge in [0.15, 0.2) is 0 Å². The van der Waals surface area contributed by atoms with Crippen LogP contribution in [0.4, 0.5) is 17.1 Å². The van der Waals surface area contributed by atoms with E-state index in [4.69, 9.17) is 4.74 Å². The topological polar surface area (TPSA) is 12.5 Å². The van der Waals surface area contributed by atoms with Crippen LogP contribution in [0.2, 0.25) is 0 Å². The van der Waals surface area contributed by atoms with E-state index in [1.54, 1.807) is 0 Å². The largest absolute Gasteiger partial charge is 0.457 e. The van der Waals surface area contributed by atoms with E-state index < -0.39 is 10.8 Å². The Morgan fingerprint density at radius 1 is 0.297 bits per heavy atom. The van der Waals surface area contributed by atoms with Gasteiger partial charge in [-0.2, -0.15) is 0 Å². The molecule has 0 saturated heterocycles. The predicted molar refractivity (Wildman–Crippen MR) is 261 cm³/mol. The zero-order valence-electron chi connectivity index (χ0n) is 35.0. The van der Waals surface area contributed by atoms with Crippen LogP contribution in [0.25, 0.3) is 33.4 Å². The number of para-hydroxylation sites is 2. The van der Waals surface area contributed by atoms with Gasteiger partial charge in [-0.3, -0.25) is 0 Å². The molecule has 1 aliphatic heterocycles. The fourth-order valence-corrected chi connectivity index (χ4v) is 11.5. The van der Waals surface area contributed by atoms with Gasteiger partial charge in [0.25, 0.3) is 0 Å². The molecule has 13 rings (SSSR count). The lowest BCUT2D eigenvalue weighted by molar-refractivity contribution is 0.436. The van der Waals surface area contributed by atoms with E-state index in [2.05, 4.69) is 254 Å². The highest BCUT2D eigenvalue weighted by atomic mass is 16.5. The predicted octanol–water partition coefficient (Wildman–Crippen LogP) is 15.7. The van der Waals surface area contributed by atoms with Crippen LogP contribution in [-0.4, -0.2) is 0 Å².